The van der Waals surface area contributed by atoms with Gasteiger partial charge >= 0.3 is 6.09 Å². The largest absolute Gasteiger partial charge is 0.444 e. The van der Waals surface area contributed by atoms with Gasteiger partial charge in [-0.15, -0.1) is 0 Å². The molecule has 6 heteroatoms. The summed E-state index contributed by atoms with van der Waals surface area (Å²) in [5, 5.41) is 0. The highest BCUT2D eigenvalue weighted by Gasteiger charge is 2.33. The second-order valence-corrected chi connectivity index (χ2v) is 7.70. The van der Waals surface area contributed by atoms with Gasteiger partial charge in [0.25, 0.3) is 0 Å². The molecular weight excluding hydrogens is 294 g/mol. The van der Waals surface area contributed by atoms with Crippen molar-refractivity contribution in [1.29, 1.82) is 0 Å². The molecule has 0 aromatic heterocycles. The van der Waals surface area contributed by atoms with Crippen molar-refractivity contribution in [2.45, 2.75) is 84.5 Å². The number of hydrogen-bond acceptors (Lipinski definition) is 4. The number of ether oxygens (including phenoxy) is 1. The van der Waals surface area contributed by atoms with Crippen LogP contribution in [0.25, 0.3) is 0 Å². The average molecular weight is 327 g/mol. The van der Waals surface area contributed by atoms with Crippen molar-refractivity contribution in [1.82, 2.24) is 9.80 Å². The van der Waals surface area contributed by atoms with Crippen LogP contribution in [-0.2, 0) is 9.53 Å². The molecule has 0 aliphatic carbocycles. The predicted octanol–water partition coefficient (Wildman–Crippen LogP) is 2.36. The normalized spacial score (nSPS) is 20.3. The molecule has 0 saturated carbocycles. The Hall–Kier alpha value is -1.30. The van der Waals surface area contributed by atoms with E-state index < -0.39 is 11.6 Å². The Morgan fingerprint density at radius 2 is 1.87 bits per heavy atom. The quantitative estimate of drug-likeness (QED) is 0.860. The van der Waals surface area contributed by atoms with Gasteiger partial charge in [0, 0.05) is 25.2 Å². The van der Waals surface area contributed by atoms with Gasteiger partial charge in [0.05, 0.1) is 6.04 Å². The minimum atomic E-state index is -0.530. The van der Waals surface area contributed by atoms with Gasteiger partial charge < -0.3 is 20.3 Å². The molecule has 1 heterocycles. The monoisotopic (exact) mass is 327 g/mol. The molecule has 0 aromatic carbocycles. The van der Waals surface area contributed by atoms with E-state index in [-0.39, 0.29) is 24.1 Å². The van der Waals surface area contributed by atoms with Gasteiger partial charge in [-0.2, -0.15) is 0 Å². The lowest BCUT2D eigenvalue weighted by atomic mass is 10.00. The molecular formula is C17H33N3O3. The Labute approximate surface area is 140 Å². The maximum atomic E-state index is 12.5. The Kier molecular flexibility index (Phi) is 6.86. The summed E-state index contributed by atoms with van der Waals surface area (Å²) < 4.78 is 5.50. The van der Waals surface area contributed by atoms with E-state index >= 15 is 0 Å². The number of likely N-dealkylation sites (tertiary alicyclic amines) is 1. The number of carbonyl (C=O) groups is 2. The van der Waals surface area contributed by atoms with Crippen molar-refractivity contribution in [2.24, 2.45) is 5.73 Å². The number of carbonyl (C=O) groups excluding carboxylic acids is 2. The van der Waals surface area contributed by atoms with E-state index in [1.807, 2.05) is 39.5 Å². The summed E-state index contributed by atoms with van der Waals surface area (Å²) in [6.07, 6.45) is 2.62. The van der Waals surface area contributed by atoms with E-state index in [0.29, 0.717) is 13.1 Å². The van der Waals surface area contributed by atoms with Crippen LogP contribution in [0.5, 0.6) is 0 Å². The van der Waals surface area contributed by atoms with Gasteiger partial charge in [-0.25, -0.2) is 4.79 Å². The summed E-state index contributed by atoms with van der Waals surface area (Å²) in [6.45, 7) is 12.4. The molecule has 0 unspecified atom stereocenters. The summed E-state index contributed by atoms with van der Waals surface area (Å²) in [6, 6.07) is -0.485. The van der Waals surface area contributed by atoms with Gasteiger partial charge in [-0.05, 0) is 60.8 Å². The lowest BCUT2D eigenvalue weighted by Crippen LogP contribution is -2.55. The fraction of sp³-hybridized carbons (Fsp3) is 0.882. The van der Waals surface area contributed by atoms with Crippen molar-refractivity contribution in [3.8, 4) is 0 Å². The summed E-state index contributed by atoms with van der Waals surface area (Å²) in [4.78, 5) is 28.3. The average Bonchev–Trinajstić information content (AvgIpc) is 2.41. The molecule has 1 saturated heterocycles. The van der Waals surface area contributed by atoms with Crippen LogP contribution in [0.4, 0.5) is 4.79 Å². The van der Waals surface area contributed by atoms with Crippen molar-refractivity contribution >= 4 is 12.0 Å². The van der Waals surface area contributed by atoms with E-state index in [0.717, 1.165) is 19.3 Å². The van der Waals surface area contributed by atoms with Crippen LogP contribution in [0.3, 0.4) is 0 Å². The molecule has 1 aliphatic heterocycles. The molecule has 1 aliphatic rings. The maximum absolute atomic E-state index is 12.5. The van der Waals surface area contributed by atoms with Crippen molar-refractivity contribution in [3.63, 3.8) is 0 Å². The van der Waals surface area contributed by atoms with E-state index in [9.17, 15) is 9.59 Å². The van der Waals surface area contributed by atoms with Gasteiger partial charge in [-0.3, -0.25) is 4.79 Å². The molecule has 0 aromatic rings. The lowest BCUT2D eigenvalue weighted by molar-refractivity contribution is -0.136. The third-order valence-electron chi connectivity index (χ3n) is 3.96. The van der Waals surface area contributed by atoms with Gasteiger partial charge in [0.15, 0.2) is 0 Å². The third-order valence-corrected chi connectivity index (χ3v) is 3.96. The summed E-state index contributed by atoms with van der Waals surface area (Å²) in [5.74, 6) is -0.0393. The molecule has 6 nitrogen and oxygen atoms in total. The van der Waals surface area contributed by atoms with E-state index in [2.05, 4.69) is 0 Å². The van der Waals surface area contributed by atoms with Crippen LogP contribution in [-0.4, -0.2) is 58.6 Å². The van der Waals surface area contributed by atoms with Gasteiger partial charge in [-0.1, -0.05) is 0 Å². The van der Waals surface area contributed by atoms with Crippen LogP contribution in [0.2, 0.25) is 0 Å². The van der Waals surface area contributed by atoms with Crippen LogP contribution in [0.1, 0.15) is 60.8 Å². The van der Waals surface area contributed by atoms with E-state index in [1.54, 1.807) is 11.8 Å². The standard InChI is InChI=1S/C17H33N3O3/c1-12(2)20(16(22)23-17(4,5)6)11-14-9-7-8-10-19(14)15(21)13(3)18/h12-14H,7-11,18H2,1-6H3/t13-,14-/m0/s1. The Balaban J connectivity index is 2.84. The summed E-state index contributed by atoms with van der Waals surface area (Å²) in [7, 11) is 0. The molecule has 1 fully saturated rings. The summed E-state index contributed by atoms with van der Waals surface area (Å²) >= 11 is 0. The zero-order chi connectivity index (χ0) is 17.8. The second-order valence-electron chi connectivity index (χ2n) is 7.70. The third kappa shape index (κ3) is 6.01. The van der Waals surface area contributed by atoms with Crippen LogP contribution in [0.15, 0.2) is 0 Å². The molecule has 2 atom stereocenters. The Bertz CT molecular complexity index is 416. The predicted molar refractivity (Wildman–Crippen MR) is 91.1 cm³/mol. The number of nitrogens with zero attached hydrogens (tertiary/aromatic N) is 2. The van der Waals surface area contributed by atoms with Gasteiger partial charge in [0.2, 0.25) is 5.91 Å². The smallest absolute Gasteiger partial charge is 0.410 e. The lowest BCUT2D eigenvalue weighted by Gasteiger charge is -2.40. The van der Waals surface area contributed by atoms with Crippen LogP contribution >= 0.6 is 0 Å². The molecule has 0 radical (unpaired) electrons. The Morgan fingerprint density at radius 3 is 2.35 bits per heavy atom. The minimum absolute atomic E-state index is 0.0113. The first-order valence-electron chi connectivity index (χ1n) is 8.58. The fourth-order valence-corrected chi connectivity index (χ4v) is 2.79. The van der Waals surface area contributed by atoms with Gasteiger partial charge in [0.1, 0.15) is 5.60 Å². The number of amides is 2. The first-order chi connectivity index (χ1) is 10.5. The Morgan fingerprint density at radius 1 is 1.26 bits per heavy atom. The number of rotatable bonds is 4. The molecule has 0 spiro atoms. The maximum Gasteiger partial charge on any atom is 0.410 e. The van der Waals surface area contributed by atoms with Crippen molar-refractivity contribution in [3.05, 3.63) is 0 Å². The second kappa shape index (κ2) is 7.99. The molecule has 2 amide bonds. The topological polar surface area (TPSA) is 75.9 Å². The molecule has 134 valence electrons. The van der Waals surface area contributed by atoms with Crippen LogP contribution < -0.4 is 5.73 Å². The molecule has 1 rings (SSSR count). The zero-order valence-electron chi connectivity index (χ0n) is 15.5. The number of hydrogen-bond donors (Lipinski definition) is 1. The minimum Gasteiger partial charge on any atom is -0.444 e. The first-order valence-corrected chi connectivity index (χ1v) is 8.58. The zero-order valence-corrected chi connectivity index (χ0v) is 15.5. The molecule has 2 N–H and O–H groups in total. The van der Waals surface area contributed by atoms with E-state index in [1.165, 1.54) is 0 Å². The fourth-order valence-electron chi connectivity index (χ4n) is 2.79. The number of nitrogens with two attached hydrogens (primary N) is 1. The molecule has 23 heavy (non-hydrogen) atoms. The highest BCUT2D eigenvalue weighted by molar-refractivity contribution is 5.81. The molecule has 0 bridgehead atoms. The number of piperidine rings is 1. The van der Waals surface area contributed by atoms with Crippen molar-refractivity contribution < 1.29 is 14.3 Å². The van der Waals surface area contributed by atoms with Crippen molar-refractivity contribution in [2.75, 3.05) is 13.1 Å². The highest BCUT2D eigenvalue weighted by atomic mass is 16.6. The van der Waals surface area contributed by atoms with E-state index in [4.69, 9.17) is 10.5 Å². The highest BCUT2D eigenvalue weighted by Crippen LogP contribution is 2.21. The summed E-state index contributed by atoms with van der Waals surface area (Å²) in [5.41, 5.74) is 5.24. The van der Waals surface area contributed by atoms with Crippen LogP contribution in [0, 0.1) is 0 Å². The SMILES string of the molecule is CC(C)N(C[C@@H]1CCCCN1C(=O)[C@H](C)N)C(=O)OC(C)(C)C. The first kappa shape index (κ1) is 19.7.